The summed E-state index contributed by atoms with van der Waals surface area (Å²) >= 11 is 5.78. The summed E-state index contributed by atoms with van der Waals surface area (Å²) in [6.07, 6.45) is 1.05. The zero-order valence-electron chi connectivity index (χ0n) is 13.7. The first kappa shape index (κ1) is 19.0. The van der Waals surface area contributed by atoms with Gasteiger partial charge in [0.15, 0.2) is 0 Å². The van der Waals surface area contributed by atoms with Gasteiger partial charge < -0.3 is 14.6 Å². The molecule has 0 atom stereocenters. The van der Waals surface area contributed by atoms with Crippen LogP contribution in [-0.2, 0) is 0 Å². The molecular formula is C16H14ClN3O6. The number of aromatic hydroxyl groups is 1. The molecule has 10 heteroatoms. The number of ether oxygens (including phenoxy) is 2. The minimum Gasteiger partial charge on any atom is -0.502 e. The first-order valence-electron chi connectivity index (χ1n) is 7.09. The van der Waals surface area contributed by atoms with Gasteiger partial charge in [0.1, 0.15) is 11.5 Å². The zero-order valence-corrected chi connectivity index (χ0v) is 14.5. The SMILES string of the molecule is COc1cc(OC)cc(C(=O)N/N=C/c2cc(Cl)cc([N+](=O)[O-])c2O)c1. The van der Waals surface area contributed by atoms with E-state index in [-0.39, 0.29) is 16.1 Å². The van der Waals surface area contributed by atoms with Crippen molar-refractivity contribution in [3.63, 3.8) is 0 Å². The molecule has 0 saturated carbocycles. The Morgan fingerprint density at radius 2 is 1.85 bits per heavy atom. The highest BCUT2D eigenvalue weighted by molar-refractivity contribution is 6.31. The molecule has 26 heavy (non-hydrogen) atoms. The molecule has 0 aliphatic heterocycles. The molecule has 0 unspecified atom stereocenters. The molecule has 2 aromatic carbocycles. The number of nitrogens with one attached hydrogen (secondary N) is 1. The summed E-state index contributed by atoms with van der Waals surface area (Å²) in [5.41, 5.74) is 1.88. The van der Waals surface area contributed by atoms with Gasteiger partial charge in [-0.25, -0.2) is 5.43 Å². The van der Waals surface area contributed by atoms with E-state index >= 15 is 0 Å². The minimum atomic E-state index is -0.778. The van der Waals surface area contributed by atoms with E-state index in [1.165, 1.54) is 32.4 Å². The van der Waals surface area contributed by atoms with Crippen LogP contribution >= 0.6 is 11.6 Å². The summed E-state index contributed by atoms with van der Waals surface area (Å²) in [6.45, 7) is 0. The van der Waals surface area contributed by atoms with Crippen LogP contribution in [0.3, 0.4) is 0 Å². The summed E-state index contributed by atoms with van der Waals surface area (Å²) in [5.74, 6) is -0.349. The number of halogens is 1. The van der Waals surface area contributed by atoms with E-state index in [4.69, 9.17) is 21.1 Å². The number of phenolic OH excluding ortho intramolecular Hbond substituents is 1. The Kier molecular flexibility index (Phi) is 5.97. The number of phenols is 1. The van der Waals surface area contributed by atoms with Gasteiger partial charge in [-0.15, -0.1) is 0 Å². The lowest BCUT2D eigenvalue weighted by Crippen LogP contribution is -2.17. The molecule has 2 aromatic rings. The van der Waals surface area contributed by atoms with E-state index < -0.39 is 22.3 Å². The number of carbonyl (C=O) groups excluding carboxylic acids is 1. The first-order valence-corrected chi connectivity index (χ1v) is 7.47. The molecule has 0 saturated heterocycles. The van der Waals surface area contributed by atoms with Crippen molar-refractivity contribution >= 4 is 29.4 Å². The lowest BCUT2D eigenvalue weighted by molar-refractivity contribution is -0.385. The van der Waals surface area contributed by atoms with E-state index in [2.05, 4.69) is 10.5 Å². The molecule has 0 bridgehead atoms. The molecule has 2 rings (SSSR count). The van der Waals surface area contributed by atoms with E-state index in [0.29, 0.717) is 11.5 Å². The minimum absolute atomic E-state index is 0.0206. The zero-order chi connectivity index (χ0) is 19.3. The second kappa shape index (κ2) is 8.17. The first-order chi connectivity index (χ1) is 12.3. The molecule has 0 aliphatic rings. The summed E-state index contributed by atoms with van der Waals surface area (Å²) < 4.78 is 10.2. The Labute approximate surface area is 153 Å². The fraction of sp³-hybridized carbons (Fsp3) is 0.125. The van der Waals surface area contributed by atoms with Gasteiger partial charge in [-0.1, -0.05) is 11.6 Å². The number of nitro benzene ring substituents is 1. The molecule has 1 amide bonds. The van der Waals surface area contributed by atoms with Crippen molar-refractivity contribution in [3.05, 3.63) is 56.6 Å². The second-order valence-electron chi connectivity index (χ2n) is 4.92. The highest BCUT2D eigenvalue weighted by atomic mass is 35.5. The van der Waals surface area contributed by atoms with Crippen LogP contribution in [-0.4, -0.2) is 36.4 Å². The molecule has 136 valence electrons. The Morgan fingerprint density at radius 1 is 1.23 bits per heavy atom. The second-order valence-corrected chi connectivity index (χ2v) is 5.36. The molecule has 0 fully saturated rings. The number of nitro groups is 1. The summed E-state index contributed by atoms with van der Waals surface area (Å²) in [6, 6.07) is 6.84. The summed E-state index contributed by atoms with van der Waals surface area (Å²) in [7, 11) is 2.90. The number of rotatable bonds is 6. The number of benzene rings is 2. The van der Waals surface area contributed by atoms with Crippen LogP contribution in [0, 0.1) is 10.1 Å². The average Bonchev–Trinajstić information content (AvgIpc) is 2.63. The fourth-order valence-electron chi connectivity index (χ4n) is 2.01. The van der Waals surface area contributed by atoms with E-state index in [1.54, 1.807) is 6.07 Å². The van der Waals surface area contributed by atoms with Gasteiger partial charge in [0.25, 0.3) is 5.91 Å². The number of nitrogens with zero attached hydrogens (tertiary/aromatic N) is 2. The Morgan fingerprint density at radius 3 is 2.38 bits per heavy atom. The fourth-order valence-corrected chi connectivity index (χ4v) is 2.23. The maximum Gasteiger partial charge on any atom is 0.312 e. The van der Waals surface area contributed by atoms with Gasteiger partial charge in [-0.3, -0.25) is 14.9 Å². The molecule has 9 nitrogen and oxygen atoms in total. The highest BCUT2D eigenvalue weighted by Gasteiger charge is 2.18. The van der Waals surface area contributed by atoms with Crippen LogP contribution in [0.15, 0.2) is 35.4 Å². The highest BCUT2D eigenvalue weighted by Crippen LogP contribution is 2.32. The van der Waals surface area contributed by atoms with Gasteiger partial charge in [-0.2, -0.15) is 5.10 Å². The maximum absolute atomic E-state index is 12.2. The van der Waals surface area contributed by atoms with Crippen LogP contribution in [0.4, 0.5) is 5.69 Å². The van der Waals surface area contributed by atoms with Gasteiger partial charge in [0.05, 0.1) is 25.4 Å². The normalized spacial score (nSPS) is 10.6. The van der Waals surface area contributed by atoms with Crippen molar-refractivity contribution < 1.29 is 24.3 Å². The van der Waals surface area contributed by atoms with Crippen molar-refractivity contribution in [3.8, 4) is 17.2 Å². The largest absolute Gasteiger partial charge is 0.502 e. The number of hydrazone groups is 1. The average molecular weight is 380 g/mol. The quantitative estimate of drug-likeness (QED) is 0.452. The third kappa shape index (κ3) is 4.39. The Hall–Kier alpha value is -3.33. The van der Waals surface area contributed by atoms with Crippen LogP contribution in [0.2, 0.25) is 5.02 Å². The standard InChI is InChI=1S/C16H14ClN3O6/c1-25-12-4-9(5-13(7-12)26-2)16(22)19-18-8-10-3-11(17)6-14(15(10)21)20(23)24/h3-8,21H,1-2H3,(H,19,22)/b18-8+. The number of hydrogen-bond donors (Lipinski definition) is 2. The molecule has 0 aliphatic carbocycles. The smallest absolute Gasteiger partial charge is 0.312 e. The van der Waals surface area contributed by atoms with Gasteiger partial charge >= 0.3 is 5.69 Å². The molecule has 0 aromatic heterocycles. The molecular weight excluding hydrogens is 366 g/mol. The van der Waals surface area contributed by atoms with E-state index in [0.717, 1.165) is 12.3 Å². The Bertz CT molecular complexity index is 862. The van der Waals surface area contributed by atoms with Crippen molar-refractivity contribution in [1.29, 1.82) is 0 Å². The number of amides is 1. The third-order valence-corrected chi connectivity index (χ3v) is 3.48. The van der Waals surface area contributed by atoms with Crippen LogP contribution in [0.1, 0.15) is 15.9 Å². The van der Waals surface area contributed by atoms with E-state index in [9.17, 15) is 20.0 Å². The molecule has 0 heterocycles. The monoisotopic (exact) mass is 379 g/mol. The van der Waals surface area contributed by atoms with Crippen molar-refractivity contribution in [2.24, 2.45) is 5.10 Å². The number of carbonyl (C=O) groups is 1. The lowest BCUT2D eigenvalue weighted by atomic mass is 10.2. The maximum atomic E-state index is 12.2. The predicted octanol–water partition coefficient (Wildman–Crippen LogP) is 2.73. The number of hydrogen-bond acceptors (Lipinski definition) is 7. The van der Waals surface area contributed by atoms with Crippen molar-refractivity contribution in [1.82, 2.24) is 5.43 Å². The summed E-state index contributed by atoms with van der Waals surface area (Å²) in [5, 5.41) is 24.5. The molecule has 0 radical (unpaired) electrons. The van der Waals surface area contributed by atoms with Crippen LogP contribution in [0.5, 0.6) is 17.2 Å². The lowest BCUT2D eigenvalue weighted by Gasteiger charge is -2.07. The van der Waals surface area contributed by atoms with E-state index in [1.807, 2.05) is 0 Å². The predicted molar refractivity (Wildman–Crippen MR) is 94.4 cm³/mol. The summed E-state index contributed by atoms with van der Waals surface area (Å²) in [4.78, 5) is 22.3. The van der Waals surface area contributed by atoms with Crippen LogP contribution < -0.4 is 14.9 Å². The van der Waals surface area contributed by atoms with Gasteiger partial charge in [0.2, 0.25) is 5.75 Å². The van der Waals surface area contributed by atoms with Gasteiger partial charge in [-0.05, 0) is 18.2 Å². The molecule has 2 N–H and O–H groups in total. The molecule has 0 spiro atoms. The Balaban J connectivity index is 2.21. The van der Waals surface area contributed by atoms with Crippen LogP contribution in [0.25, 0.3) is 0 Å². The van der Waals surface area contributed by atoms with Gasteiger partial charge in [0, 0.05) is 28.3 Å². The van der Waals surface area contributed by atoms with Crippen molar-refractivity contribution in [2.45, 2.75) is 0 Å². The topological polar surface area (TPSA) is 123 Å². The third-order valence-electron chi connectivity index (χ3n) is 3.26. The van der Waals surface area contributed by atoms with Crippen molar-refractivity contribution in [2.75, 3.05) is 14.2 Å². The number of methoxy groups -OCH3 is 2.